The highest BCUT2D eigenvalue weighted by Crippen LogP contribution is 2.39. The molecule has 3 rings (SSSR count). The second-order valence-electron chi connectivity index (χ2n) is 6.37. The Morgan fingerprint density at radius 2 is 2.25 bits per heavy atom. The molecule has 0 aromatic carbocycles. The van der Waals surface area contributed by atoms with Crippen LogP contribution in [0.4, 0.5) is 0 Å². The minimum absolute atomic E-state index is 0.228. The molecule has 0 radical (unpaired) electrons. The van der Waals surface area contributed by atoms with Crippen LogP contribution in [0.2, 0.25) is 0 Å². The number of aromatic nitrogens is 1. The molecule has 1 spiro atoms. The van der Waals surface area contributed by atoms with E-state index >= 15 is 0 Å². The second kappa shape index (κ2) is 5.52. The highest BCUT2D eigenvalue weighted by atomic mass is 16.2. The third-order valence-corrected chi connectivity index (χ3v) is 4.75. The average Bonchev–Trinajstić information content (AvgIpc) is 2.84. The van der Waals surface area contributed by atoms with Gasteiger partial charge in [-0.1, -0.05) is 6.07 Å². The van der Waals surface area contributed by atoms with Crippen molar-refractivity contribution in [1.82, 2.24) is 14.8 Å². The Labute approximate surface area is 120 Å². The molecule has 1 unspecified atom stereocenters. The van der Waals surface area contributed by atoms with Gasteiger partial charge in [-0.25, -0.2) is 0 Å². The van der Waals surface area contributed by atoms with Crippen molar-refractivity contribution in [3.63, 3.8) is 0 Å². The van der Waals surface area contributed by atoms with E-state index in [0.717, 1.165) is 39.1 Å². The summed E-state index contributed by atoms with van der Waals surface area (Å²) < 4.78 is 0. The van der Waals surface area contributed by atoms with E-state index in [9.17, 15) is 4.79 Å². The van der Waals surface area contributed by atoms with Crippen LogP contribution in [-0.2, 0) is 11.3 Å². The Morgan fingerprint density at radius 3 is 2.95 bits per heavy atom. The molecule has 0 N–H and O–H groups in total. The fourth-order valence-corrected chi connectivity index (χ4v) is 3.73. The Balaban J connectivity index is 1.64. The van der Waals surface area contributed by atoms with Crippen LogP contribution < -0.4 is 0 Å². The van der Waals surface area contributed by atoms with Gasteiger partial charge in [0.25, 0.3) is 0 Å². The van der Waals surface area contributed by atoms with Gasteiger partial charge in [0.1, 0.15) is 0 Å². The molecule has 2 aliphatic rings. The second-order valence-corrected chi connectivity index (χ2v) is 6.37. The van der Waals surface area contributed by atoms with Gasteiger partial charge < -0.3 is 4.90 Å². The number of nitrogens with zero attached hydrogens (tertiary/aromatic N) is 3. The first kappa shape index (κ1) is 13.6. The molecule has 20 heavy (non-hydrogen) atoms. The van der Waals surface area contributed by atoms with Gasteiger partial charge in [0.05, 0.1) is 0 Å². The summed E-state index contributed by atoms with van der Waals surface area (Å²) in [5.41, 5.74) is 1.62. The summed E-state index contributed by atoms with van der Waals surface area (Å²) >= 11 is 0. The van der Waals surface area contributed by atoms with Gasteiger partial charge in [0.2, 0.25) is 5.91 Å². The predicted octanol–water partition coefficient (Wildman–Crippen LogP) is 1.92. The van der Waals surface area contributed by atoms with Gasteiger partial charge in [0, 0.05) is 50.9 Å². The first-order valence-corrected chi connectivity index (χ1v) is 7.54. The Morgan fingerprint density at radius 1 is 1.35 bits per heavy atom. The summed E-state index contributed by atoms with van der Waals surface area (Å²) in [6.07, 6.45) is 7.45. The fraction of sp³-hybridized carbons (Fsp3) is 0.625. The highest BCUT2D eigenvalue weighted by Gasteiger charge is 2.41. The van der Waals surface area contributed by atoms with Crippen molar-refractivity contribution in [3.8, 4) is 0 Å². The van der Waals surface area contributed by atoms with Crippen molar-refractivity contribution < 1.29 is 4.79 Å². The predicted molar refractivity (Wildman–Crippen MR) is 78.1 cm³/mol. The SMILES string of the molecule is CC(=O)N1CCC2(CCCN(Cc3cccnc3)C2)C1. The first-order valence-electron chi connectivity index (χ1n) is 7.54. The fourth-order valence-electron chi connectivity index (χ4n) is 3.73. The van der Waals surface area contributed by atoms with Gasteiger partial charge in [0.15, 0.2) is 0 Å². The van der Waals surface area contributed by atoms with Gasteiger partial charge >= 0.3 is 0 Å². The normalized spacial score (nSPS) is 27.1. The molecule has 0 bridgehead atoms. The maximum atomic E-state index is 11.5. The summed E-state index contributed by atoms with van der Waals surface area (Å²) in [7, 11) is 0. The lowest BCUT2D eigenvalue weighted by atomic mass is 9.79. The number of carbonyl (C=O) groups excluding carboxylic acids is 1. The molecular weight excluding hydrogens is 250 g/mol. The summed E-state index contributed by atoms with van der Waals surface area (Å²) in [6.45, 7) is 6.84. The molecule has 4 heteroatoms. The number of piperidine rings is 1. The molecule has 2 aliphatic heterocycles. The van der Waals surface area contributed by atoms with Crippen LogP contribution in [0.3, 0.4) is 0 Å². The van der Waals surface area contributed by atoms with Crippen molar-refractivity contribution >= 4 is 5.91 Å². The van der Waals surface area contributed by atoms with E-state index in [-0.39, 0.29) is 5.91 Å². The number of rotatable bonds is 2. The average molecular weight is 273 g/mol. The zero-order valence-corrected chi connectivity index (χ0v) is 12.2. The molecule has 2 fully saturated rings. The molecule has 4 nitrogen and oxygen atoms in total. The van der Waals surface area contributed by atoms with Crippen molar-refractivity contribution in [2.45, 2.75) is 32.7 Å². The minimum Gasteiger partial charge on any atom is -0.342 e. The number of pyridine rings is 1. The zero-order valence-electron chi connectivity index (χ0n) is 12.2. The van der Waals surface area contributed by atoms with E-state index in [2.05, 4.69) is 16.0 Å². The Bertz CT molecular complexity index is 476. The smallest absolute Gasteiger partial charge is 0.219 e. The monoisotopic (exact) mass is 273 g/mol. The molecule has 0 saturated carbocycles. The van der Waals surface area contributed by atoms with Crippen LogP contribution in [0, 0.1) is 5.41 Å². The Hall–Kier alpha value is -1.42. The lowest BCUT2D eigenvalue weighted by Crippen LogP contribution is -2.44. The number of carbonyl (C=O) groups is 1. The van der Waals surface area contributed by atoms with Crippen LogP contribution in [0.1, 0.15) is 31.7 Å². The van der Waals surface area contributed by atoms with Crippen molar-refractivity contribution in [2.75, 3.05) is 26.2 Å². The molecule has 2 saturated heterocycles. The van der Waals surface area contributed by atoms with Gasteiger partial charge in [-0.05, 0) is 37.4 Å². The van der Waals surface area contributed by atoms with E-state index in [1.165, 1.54) is 18.4 Å². The molecule has 0 aliphatic carbocycles. The van der Waals surface area contributed by atoms with E-state index in [1.807, 2.05) is 23.4 Å². The van der Waals surface area contributed by atoms with Gasteiger partial charge in [-0.2, -0.15) is 0 Å². The lowest BCUT2D eigenvalue weighted by Gasteiger charge is -2.40. The summed E-state index contributed by atoms with van der Waals surface area (Å²) in [5.74, 6) is 0.228. The van der Waals surface area contributed by atoms with Crippen LogP contribution in [0.25, 0.3) is 0 Å². The summed E-state index contributed by atoms with van der Waals surface area (Å²) in [5, 5.41) is 0. The third-order valence-electron chi connectivity index (χ3n) is 4.75. The lowest BCUT2D eigenvalue weighted by molar-refractivity contribution is -0.128. The number of hydrogen-bond acceptors (Lipinski definition) is 3. The quantitative estimate of drug-likeness (QED) is 0.826. The largest absolute Gasteiger partial charge is 0.342 e. The molecular formula is C16H23N3O. The zero-order chi connectivity index (χ0) is 14.0. The topological polar surface area (TPSA) is 36.4 Å². The molecule has 1 amide bonds. The number of likely N-dealkylation sites (tertiary alicyclic amines) is 2. The molecule has 3 heterocycles. The van der Waals surface area contributed by atoms with Crippen molar-refractivity contribution in [3.05, 3.63) is 30.1 Å². The van der Waals surface area contributed by atoms with Crippen molar-refractivity contribution in [2.24, 2.45) is 5.41 Å². The van der Waals surface area contributed by atoms with E-state index in [4.69, 9.17) is 0 Å². The summed E-state index contributed by atoms with van der Waals surface area (Å²) in [4.78, 5) is 20.3. The maximum Gasteiger partial charge on any atom is 0.219 e. The molecule has 1 aromatic heterocycles. The highest BCUT2D eigenvalue weighted by molar-refractivity contribution is 5.73. The van der Waals surface area contributed by atoms with Gasteiger partial charge in [-0.15, -0.1) is 0 Å². The number of hydrogen-bond donors (Lipinski definition) is 0. The van der Waals surface area contributed by atoms with E-state index in [0.29, 0.717) is 5.41 Å². The summed E-state index contributed by atoms with van der Waals surface area (Å²) in [6, 6.07) is 4.15. The maximum absolute atomic E-state index is 11.5. The third kappa shape index (κ3) is 2.85. The molecule has 1 aromatic rings. The van der Waals surface area contributed by atoms with Crippen LogP contribution in [0.5, 0.6) is 0 Å². The number of amides is 1. The van der Waals surface area contributed by atoms with Crippen molar-refractivity contribution in [1.29, 1.82) is 0 Å². The van der Waals surface area contributed by atoms with E-state index < -0.39 is 0 Å². The van der Waals surface area contributed by atoms with Crippen LogP contribution in [0.15, 0.2) is 24.5 Å². The van der Waals surface area contributed by atoms with Crippen LogP contribution >= 0.6 is 0 Å². The Kier molecular flexibility index (Phi) is 3.74. The molecule has 1 atom stereocenters. The minimum atomic E-state index is 0.228. The van der Waals surface area contributed by atoms with Gasteiger partial charge in [-0.3, -0.25) is 14.7 Å². The van der Waals surface area contributed by atoms with E-state index in [1.54, 1.807) is 6.92 Å². The molecule has 108 valence electrons. The first-order chi connectivity index (χ1) is 9.67. The standard InChI is InChI=1S/C16H23N3O/c1-14(20)19-9-6-16(13-19)5-3-8-18(12-16)11-15-4-2-7-17-10-15/h2,4,7,10H,3,5-6,8-9,11-13H2,1H3. The van der Waals surface area contributed by atoms with Crippen LogP contribution in [-0.4, -0.2) is 46.9 Å².